The van der Waals surface area contributed by atoms with E-state index in [-0.39, 0.29) is 29.9 Å². The van der Waals surface area contributed by atoms with Gasteiger partial charge in [-0.05, 0) is 68.1 Å². The standard InChI is InChI=1S/C24H25N3O3/c1-4-7-17-12-15(2)21(16(3)13-17)22-19(28)14-18(23(22)29)9-11-26-24(30)27-20-8-5-6-10-25-20/h5-6,8,10,12-13,18,22H,9,11,14H2,1-3H3,(H2,25,26,27,30). The molecule has 1 aliphatic carbocycles. The Bertz CT molecular complexity index is 1010. The van der Waals surface area contributed by atoms with Crippen LogP contribution in [0, 0.1) is 31.6 Å². The summed E-state index contributed by atoms with van der Waals surface area (Å²) in [4.78, 5) is 41.7. The van der Waals surface area contributed by atoms with E-state index in [9.17, 15) is 14.4 Å². The number of hydrogen-bond acceptors (Lipinski definition) is 4. The molecule has 3 rings (SSSR count). The maximum absolute atomic E-state index is 13.0. The summed E-state index contributed by atoms with van der Waals surface area (Å²) < 4.78 is 0. The van der Waals surface area contributed by atoms with E-state index in [1.54, 1.807) is 31.3 Å². The summed E-state index contributed by atoms with van der Waals surface area (Å²) in [7, 11) is 0. The van der Waals surface area contributed by atoms with Gasteiger partial charge in [-0.3, -0.25) is 14.9 Å². The van der Waals surface area contributed by atoms with Crippen LogP contribution in [0.3, 0.4) is 0 Å². The van der Waals surface area contributed by atoms with Gasteiger partial charge < -0.3 is 5.32 Å². The van der Waals surface area contributed by atoms with Crippen LogP contribution in [0.15, 0.2) is 36.5 Å². The van der Waals surface area contributed by atoms with Crippen molar-refractivity contribution in [1.29, 1.82) is 0 Å². The van der Waals surface area contributed by atoms with Gasteiger partial charge in [0.2, 0.25) is 0 Å². The van der Waals surface area contributed by atoms with Gasteiger partial charge in [0.15, 0.2) is 5.78 Å². The van der Waals surface area contributed by atoms with Crippen LogP contribution in [0.25, 0.3) is 0 Å². The Balaban J connectivity index is 1.62. The number of rotatable bonds is 5. The van der Waals surface area contributed by atoms with Crippen LogP contribution < -0.4 is 10.6 Å². The molecule has 1 fully saturated rings. The highest BCUT2D eigenvalue weighted by Gasteiger charge is 2.42. The molecule has 1 aromatic carbocycles. The lowest BCUT2D eigenvalue weighted by Crippen LogP contribution is -2.31. The largest absolute Gasteiger partial charge is 0.338 e. The van der Waals surface area contributed by atoms with Gasteiger partial charge in [-0.25, -0.2) is 9.78 Å². The molecule has 0 bridgehead atoms. The number of ketones is 2. The molecule has 2 aromatic rings. The fourth-order valence-electron chi connectivity index (χ4n) is 4.01. The number of nitrogens with zero attached hydrogens (tertiary/aromatic N) is 1. The van der Waals surface area contributed by atoms with E-state index >= 15 is 0 Å². The molecule has 30 heavy (non-hydrogen) atoms. The molecule has 6 nitrogen and oxygen atoms in total. The topological polar surface area (TPSA) is 88.2 Å². The quantitative estimate of drug-likeness (QED) is 0.591. The van der Waals surface area contributed by atoms with Crippen LogP contribution in [0.2, 0.25) is 0 Å². The molecule has 154 valence electrons. The Morgan fingerprint density at radius 2 is 1.93 bits per heavy atom. The zero-order chi connectivity index (χ0) is 21.7. The second-order valence-electron chi connectivity index (χ2n) is 7.49. The summed E-state index contributed by atoms with van der Waals surface area (Å²) >= 11 is 0. The third-order valence-electron chi connectivity index (χ3n) is 5.29. The molecule has 0 saturated heterocycles. The number of anilines is 1. The van der Waals surface area contributed by atoms with Crippen LogP contribution >= 0.6 is 0 Å². The molecule has 2 N–H and O–H groups in total. The average molecular weight is 403 g/mol. The van der Waals surface area contributed by atoms with Gasteiger partial charge in [0.25, 0.3) is 0 Å². The number of Topliss-reactive ketones (excluding diaryl/α,β-unsaturated/α-hetero) is 2. The Kier molecular flexibility index (Phi) is 6.63. The molecule has 2 unspecified atom stereocenters. The van der Waals surface area contributed by atoms with Gasteiger partial charge in [-0.15, -0.1) is 5.92 Å². The number of carbonyl (C=O) groups excluding carboxylic acids is 3. The van der Waals surface area contributed by atoms with Crippen molar-refractivity contribution in [1.82, 2.24) is 10.3 Å². The van der Waals surface area contributed by atoms with Crippen molar-refractivity contribution in [2.75, 3.05) is 11.9 Å². The maximum Gasteiger partial charge on any atom is 0.320 e. The number of aromatic nitrogens is 1. The molecule has 1 heterocycles. The number of amides is 2. The minimum atomic E-state index is -0.721. The summed E-state index contributed by atoms with van der Waals surface area (Å²) in [6.45, 7) is 5.91. The smallest absolute Gasteiger partial charge is 0.320 e. The van der Waals surface area contributed by atoms with E-state index in [4.69, 9.17) is 0 Å². The monoisotopic (exact) mass is 403 g/mol. The minimum absolute atomic E-state index is 0.0523. The van der Waals surface area contributed by atoms with Gasteiger partial charge >= 0.3 is 6.03 Å². The number of urea groups is 1. The first kappa shape index (κ1) is 21.3. The molecule has 2 atom stereocenters. The molecule has 0 radical (unpaired) electrons. The highest BCUT2D eigenvalue weighted by molar-refractivity contribution is 6.15. The third-order valence-corrected chi connectivity index (χ3v) is 5.29. The molecular formula is C24H25N3O3. The van der Waals surface area contributed by atoms with Crippen LogP contribution in [-0.2, 0) is 9.59 Å². The van der Waals surface area contributed by atoms with Gasteiger partial charge in [-0.2, -0.15) is 0 Å². The average Bonchev–Trinajstić information content (AvgIpc) is 2.96. The van der Waals surface area contributed by atoms with Gasteiger partial charge in [0.05, 0.1) is 0 Å². The molecule has 1 saturated carbocycles. The van der Waals surface area contributed by atoms with Crippen molar-refractivity contribution in [3.63, 3.8) is 0 Å². The second kappa shape index (κ2) is 9.36. The van der Waals surface area contributed by atoms with Crippen molar-refractivity contribution in [2.24, 2.45) is 5.92 Å². The Hall–Kier alpha value is -3.46. The summed E-state index contributed by atoms with van der Waals surface area (Å²) in [6, 6.07) is 8.69. The summed E-state index contributed by atoms with van der Waals surface area (Å²) in [5.41, 5.74) is 3.50. The number of hydrogen-bond donors (Lipinski definition) is 2. The lowest BCUT2D eigenvalue weighted by atomic mass is 9.86. The lowest BCUT2D eigenvalue weighted by molar-refractivity contribution is -0.124. The zero-order valence-corrected chi connectivity index (χ0v) is 17.4. The zero-order valence-electron chi connectivity index (χ0n) is 17.4. The minimum Gasteiger partial charge on any atom is -0.338 e. The Morgan fingerprint density at radius 3 is 2.57 bits per heavy atom. The van der Waals surface area contributed by atoms with E-state index < -0.39 is 5.92 Å². The molecule has 2 amide bonds. The fraction of sp³-hybridized carbons (Fsp3) is 0.333. The third kappa shape index (κ3) is 4.74. The number of carbonyl (C=O) groups is 3. The van der Waals surface area contributed by atoms with Crippen molar-refractivity contribution in [2.45, 2.75) is 39.5 Å². The van der Waals surface area contributed by atoms with E-state index in [2.05, 4.69) is 27.5 Å². The Labute approximate surface area is 176 Å². The number of benzene rings is 1. The van der Waals surface area contributed by atoms with Gasteiger partial charge in [0, 0.05) is 30.6 Å². The summed E-state index contributed by atoms with van der Waals surface area (Å²) in [6.07, 6.45) is 2.22. The van der Waals surface area contributed by atoms with Crippen LogP contribution in [-0.4, -0.2) is 29.1 Å². The van der Waals surface area contributed by atoms with Gasteiger partial charge in [-0.1, -0.05) is 12.0 Å². The van der Waals surface area contributed by atoms with Crippen molar-refractivity contribution >= 4 is 23.4 Å². The highest BCUT2D eigenvalue weighted by atomic mass is 16.2. The van der Waals surface area contributed by atoms with Crippen molar-refractivity contribution < 1.29 is 14.4 Å². The molecule has 0 spiro atoms. The maximum atomic E-state index is 13.0. The molecule has 1 aliphatic rings. The van der Waals surface area contributed by atoms with E-state index in [1.165, 1.54) is 0 Å². The molecule has 1 aromatic heterocycles. The predicted octanol–water partition coefficient (Wildman–Crippen LogP) is 3.52. The van der Waals surface area contributed by atoms with Crippen LogP contribution in [0.5, 0.6) is 0 Å². The highest BCUT2D eigenvalue weighted by Crippen LogP contribution is 2.37. The first-order valence-electron chi connectivity index (χ1n) is 9.97. The first-order chi connectivity index (χ1) is 14.4. The molecular weight excluding hydrogens is 378 g/mol. The lowest BCUT2D eigenvalue weighted by Gasteiger charge is -2.16. The second-order valence-corrected chi connectivity index (χ2v) is 7.49. The fourth-order valence-corrected chi connectivity index (χ4v) is 4.01. The van der Waals surface area contributed by atoms with Gasteiger partial charge in [0.1, 0.15) is 17.5 Å². The van der Waals surface area contributed by atoms with Crippen LogP contribution in [0.4, 0.5) is 10.6 Å². The van der Waals surface area contributed by atoms with Crippen molar-refractivity contribution in [3.05, 3.63) is 58.8 Å². The summed E-state index contributed by atoms with van der Waals surface area (Å²) in [5.74, 6) is 5.13. The SMILES string of the molecule is CC#Cc1cc(C)c(C2C(=O)CC(CCNC(=O)Nc3ccccn3)C2=O)c(C)c1. The summed E-state index contributed by atoms with van der Waals surface area (Å²) in [5, 5.41) is 5.35. The number of nitrogens with one attached hydrogen (secondary N) is 2. The van der Waals surface area contributed by atoms with E-state index in [1.807, 2.05) is 26.0 Å². The first-order valence-corrected chi connectivity index (χ1v) is 9.97. The Morgan fingerprint density at radius 1 is 1.20 bits per heavy atom. The number of aryl methyl sites for hydroxylation is 2. The van der Waals surface area contributed by atoms with E-state index in [0.29, 0.717) is 18.8 Å². The molecule has 6 heteroatoms. The molecule has 0 aliphatic heterocycles. The predicted molar refractivity (Wildman–Crippen MR) is 115 cm³/mol. The normalized spacial score (nSPS) is 18.0. The van der Waals surface area contributed by atoms with Crippen molar-refractivity contribution in [3.8, 4) is 11.8 Å². The number of pyridine rings is 1. The van der Waals surface area contributed by atoms with Crippen LogP contribution in [0.1, 0.15) is 47.9 Å². The van der Waals surface area contributed by atoms with E-state index in [0.717, 1.165) is 22.3 Å².